The van der Waals surface area contributed by atoms with Gasteiger partial charge < -0.3 is 10.1 Å². The summed E-state index contributed by atoms with van der Waals surface area (Å²) in [6.07, 6.45) is -6.76. The lowest BCUT2D eigenvalue weighted by atomic mass is 9.94. The summed E-state index contributed by atoms with van der Waals surface area (Å²) in [6.45, 7) is 0. The zero-order chi connectivity index (χ0) is 20.5. The molecule has 28 heavy (non-hydrogen) atoms. The van der Waals surface area contributed by atoms with Crippen molar-refractivity contribution in [2.75, 3.05) is 5.32 Å². The highest BCUT2D eigenvalue weighted by Gasteiger charge is 2.44. The van der Waals surface area contributed by atoms with Crippen LogP contribution >= 0.6 is 0 Å². The molecule has 0 saturated heterocycles. The first-order valence-corrected chi connectivity index (χ1v) is 8.03. The van der Waals surface area contributed by atoms with Crippen molar-refractivity contribution in [3.8, 4) is 0 Å². The van der Waals surface area contributed by atoms with Crippen molar-refractivity contribution < 1.29 is 36.3 Å². The number of esters is 1. The number of hydrogen-bond acceptors (Lipinski definition) is 4. The third-order valence-electron chi connectivity index (χ3n) is 4.10. The van der Waals surface area contributed by atoms with Crippen LogP contribution in [0, 0.1) is 11.6 Å². The Labute approximate surface area is 155 Å². The van der Waals surface area contributed by atoms with Gasteiger partial charge in [-0.25, -0.2) is 13.6 Å². The number of ether oxygens (including phenoxy) is 1. The molecule has 2 atom stereocenters. The van der Waals surface area contributed by atoms with Gasteiger partial charge in [0.2, 0.25) is 5.91 Å². The molecule has 0 bridgehead atoms. The summed E-state index contributed by atoms with van der Waals surface area (Å²) >= 11 is 0. The number of carbonyl (C=O) groups is 2. The Balaban J connectivity index is 1.83. The Hall–Kier alpha value is -3.01. The number of rotatable bonds is 3. The first kappa shape index (κ1) is 19.7. The van der Waals surface area contributed by atoms with E-state index in [2.05, 4.69) is 15.4 Å². The highest BCUT2D eigenvalue weighted by Crippen LogP contribution is 2.29. The van der Waals surface area contributed by atoms with Crippen LogP contribution in [0.3, 0.4) is 0 Å². The smallest absolute Gasteiger partial charge is 0.436 e. The van der Waals surface area contributed by atoms with Crippen LogP contribution in [0.1, 0.15) is 17.4 Å². The Morgan fingerprint density at radius 1 is 1.04 bits per heavy atom. The SMILES string of the molecule is O=C(Nc1c(F)cccc1F)[C@@H]1Cc2ccccc2C(OC(=O)C(F)(F)F)N1. The van der Waals surface area contributed by atoms with Gasteiger partial charge in [0.15, 0.2) is 6.23 Å². The summed E-state index contributed by atoms with van der Waals surface area (Å²) in [4.78, 5) is 23.7. The van der Waals surface area contributed by atoms with Crippen molar-refractivity contribution in [3.05, 3.63) is 65.2 Å². The number of halogens is 5. The lowest BCUT2D eigenvalue weighted by Crippen LogP contribution is -2.49. The zero-order valence-corrected chi connectivity index (χ0v) is 14.0. The lowest BCUT2D eigenvalue weighted by molar-refractivity contribution is -0.207. The lowest BCUT2D eigenvalue weighted by Gasteiger charge is -2.32. The number of benzene rings is 2. The average molecular weight is 400 g/mol. The molecule has 0 fully saturated rings. The van der Waals surface area contributed by atoms with Gasteiger partial charge in [0.05, 0.1) is 6.04 Å². The maximum absolute atomic E-state index is 13.7. The standard InChI is InChI=1S/C18H13F5N2O3/c19-11-6-3-7-12(20)14(11)25-15(26)13-8-9-4-1-2-5-10(9)16(24-13)28-17(27)18(21,22)23/h1-7,13,16,24H,8H2,(H,25,26)/t13-,16?/m0/s1. The van der Waals surface area contributed by atoms with E-state index in [4.69, 9.17) is 0 Å². The van der Waals surface area contributed by atoms with Crippen LogP contribution in [0.2, 0.25) is 0 Å². The van der Waals surface area contributed by atoms with Crippen molar-refractivity contribution in [3.63, 3.8) is 0 Å². The van der Waals surface area contributed by atoms with E-state index in [0.29, 0.717) is 5.56 Å². The molecule has 2 aromatic carbocycles. The molecule has 0 radical (unpaired) electrons. The van der Waals surface area contributed by atoms with Crippen LogP contribution in [-0.2, 0) is 20.7 Å². The van der Waals surface area contributed by atoms with Gasteiger partial charge in [-0.1, -0.05) is 30.3 Å². The normalized spacial score (nSPS) is 18.9. The number of nitrogens with one attached hydrogen (secondary N) is 2. The van der Waals surface area contributed by atoms with Crippen molar-refractivity contribution in [1.29, 1.82) is 0 Å². The topological polar surface area (TPSA) is 67.4 Å². The average Bonchev–Trinajstić information content (AvgIpc) is 2.63. The van der Waals surface area contributed by atoms with E-state index in [1.807, 2.05) is 0 Å². The number of amides is 1. The predicted molar refractivity (Wildman–Crippen MR) is 86.9 cm³/mol. The third-order valence-corrected chi connectivity index (χ3v) is 4.10. The fourth-order valence-corrected chi connectivity index (χ4v) is 2.79. The molecule has 3 rings (SSSR count). The van der Waals surface area contributed by atoms with Gasteiger partial charge >= 0.3 is 12.1 Å². The van der Waals surface area contributed by atoms with Gasteiger partial charge in [-0.15, -0.1) is 0 Å². The molecule has 1 aliphatic rings. The first-order chi connectivity index (χ1) is 13.2. The molecule has 2 aromatic rings. The molecule has 0 saturated carbocycles. The summed E-state index contributed by atoms with van der Waals surface area (Å²) < 4.78 is 69.6. The highest BCUT2D eigenvalue weighted by molar-refractivity contribution is 5.95. The van der Waals surface area contributed by atoms with Crippen LogP contribution in [0.5, 0.6) is 0 Å². The van der Waals surface area contributed by atoms with Crippen LogP contribution in [-0.4, -0.2) is 24.1 Å². The largest absolute Gasteiger partial charge is 0.490 e. The summed E-state index contributed by atoms with van der Waals surface area (Å²) in [6, 6.07) is 7.92. The van der Waals surface area contributed by atoms with Gasteiger partial charge in [-0.05, 0) is 24.1 Å². The molecule has 5 nitrogen and oxygen atoms in total. The fraction of sp³-hybridized carbons (Fsp3) is 0.222. The minimum absolute atomic E-state index is 0.0121. The molecule has 1 amide bonds. The Bertz CT molecular complexity index is 896. The molecule has 1 aliphatic heterocycles. The quantitative estimate of drug-likeness (QED) is 0.613. The van der Waals surface area contributed by atoms with Gasteiger partial charge in [0, 0.05) is 5.56 Å². The molecular weight excluding hydrogens is 387 g/mol. The van der Waals surface area contributed by atoms with Crippen molar-refractivity contribution in [1.82, 2.24) is 5.32 Å². The number of carbonyl (C=O) groups excluding carboxylic acids is 2. The van der Waals surface area contributed by atoms with E-state index in [0.717, 1.165) is 18.2 Å². The van der Waals surface area contributed by atoms with Crippen molar-refractivity contribution in [2.24, 2.45) is 0 Å². The molecule has 0 spiro atoms. The second kappa shape index (κ2) is 7.55. The number of anilines is 1. The molecular formula is C18H13F5N2O3. The van der Waals surface area contributed by atoms with E-state index in [1.54, 1.807) is 12.1 Å². The minimum atomic E-state index is -5.22. The monoisotopic (exact) mass is 400 g/mol. The van der Waals surface area contributed by atoms with Gasteiger partial charge in [-0.2, -0.15) is 13.2 Å². The molecule has 0 aliphatic carbocycles. The maximum atomic E-state index is 13.7. The first-order valence-electron chi connectivity index (χ1n) is 8.03. The molecule has 2 N–H and O–H groups in total. The van der Waals surface area contributed by atoms with E-state index < -0.39 is 47.6 Å². The van der Waals surface area contributed by atoms with E-state index in [9.17, 15) is 31.5 Å². The zero-order valence-electron chi connectivity index (χ0n) is 14.0. The second-order valence-corrected chi connectivity index (χ2v) is 5.99. The van der Waals surface area contributed by atoms with E-state index >= 15 is 0 Å². The minimum Gasteiger partial charge on any atom is -0.436 e. The van der Waals surface area contributed by atoms with Crippen LogP contribution in [0.25, 0.3) is 0 Å². The Morgan fingerprint density at radius 3 is 2.32 bits per heavy atom. The predicted octanol–water partition coefficient (Wildman–Crippen LogP) is 3.22. The van der Waals surface area contributed by atoms with Gasteiger partial charge in [0.25, 0.3) is 0 Å². The maximum Gasteiger partial charge on any atom is 0.490 e. The van der Waals surface area contributed by atoms with Gasteiger partial charge in [0.1, 0.15) is 17.3 Å². The Morgan fingerprint density at radius 2 is 1.68 bits per heavy atom. The molecule has 0 aromatic heterocycles. The summed E-state index contributed by atoms with van der Waals surface area (Å²) in [5, 5.41) is 4.54. The number of fused-ring (bicyclic) bond motifs is 1. The van der Waals surface area contributed by atoms with Crippen LogP contribution in [0.15, 0.2) is 42.5 Å². The third kappa shape index (κ3) is 4.11. The van der Waals surface area contributed by atoms with Crippen LogP contribution in [0.4, 0.5) is 27.6 Å². The van der Waals surface area contributed by atoms with E-state index in [1.165, 1.54) is 12.1 Å². The summed E-state index contributed by atoms with van der Waals surface area (Å²) in [7, 11) is 0. The number of hydrogen-bond donors (Lipinski definition) is 2. The molecule has 1 unspecified atom stereocenters. The van der Waals surface area contributed by atoms with Gasteiger partial charge in [-0.3, -0.25) is 10.1 Å². The summed E-state index contributed by atoms with van der Waals surface area (Å²) in [5.41, 5.74) is 0.0218. The van der Waals surface area contributed by atoms with Crippen molar-refractivity contribution >= 4 is 17.6 Å². The van der Waals surface area contributed by atoms with E-state index in [-0.39, 0.29) is 12.0 Å². The Kier molecular flexibility index (Phi) is 5.32. The number of alkyl halides is 3. The summed E-state index contributed by atoms with van der Waals surface area (Å²) in [5.74, 6) is -5.35. The molecule has 148 valence electrons. The fourth-order valence-electron chi connectivity index (χ4n) is 2.79. The van der Waals surface area contributed by atoms with Crippen LogP contribution < -0.4 is 10.6 Å². The molecule has 10 heteroatoms. The number of para-hydroxylation sites is 1. The second-order valence-electron chi connectivity index (χ2n) is 5.99. The highest BCUT2D eigenvalue weighted by atomic mass is 19.4. The molecule has 1 heterocycles. The van der Waals surface area contributed by atoms with Crippen molar-refractivity contribution in [2.45, 2.75) is 24.9 Å².